The van der Waals surface area contributed by atoms with Gasteiger partial charge in [0.25, 0.3) is 0 Å². The predicted molar refractivity (Wildman–Crippen MR) is 102 cm³/mol. The van der Waals surface area contributed by atoms with Gasteiger partial charge in [-0.3, -0.25) is 0 Å². The minimum absolute atomic E-state index is 0.226. The van der Waals surface area contributed by atoms with E-state index in [2.05, 4.69) is 20.3 Å². The fourth-order valence-electron chi connectivity index (χ4n) is 2.99. The van der Waals surface area contributed by atoms with Crippen molar-refractivity contribution in [3.8, 4) is 0 Å². The van der Waals surface area contributed by atoms with Crippen molar-refractivity contribution in [3.63, 3.8) is 0 Å². The van der Waals surface area contributed by atoms with Gasteiger partial charge in [-0.1, -0.05) is 0 Å². The molecule has 1 atom stereocenters. The monoisotopic (exact) mass is 375 g/mol. The number of anilines is 2. The number of carbonyl (C=O) groups excluding carboxylic acids is 1. The number of rotatable bonds is 4. The summed E-state index contributed by atoms with van der Waals surface area (Å²) >= 11 is 1.53. The molecule has 0 radical (unpaired) electrons. The molecule has 8 heteroatoms. The summed E-state index contributed by atoms with van der Waals surface area (Å²) in [6, 6.07) is 1.95. The summed E-state index contributed by atoms with van der Waals surface area (Å²) in [6.07, 6.45) is 5.98. The Morgan fingerprint density at radius 2 is 2.23 bits per heavy atom. The van der Waals surface area contributed by atoms with E-state index >= 15 is 0 Å². The Kier molecular flexibility index (Phi) is 5.70. The molecule has 1 amide bonds. The number of carbonyl (C=O) groups is 1. The van der Waals surface area contributed by atoms with E-state index in [1.54, 1.807) is 12.5 Å². The third kappa shape index (κ3) is 5.39. The van der Waals surface area contributed by atoms with Gasteiger partial charge in [0.2, 0.25) is 0 Å². The Bertz CT molecular complexity index is 729. The Balaban J connectivity index is 1.59. The fourth-order valence-corrected chi connectivity index (χ4v) is 3.53. The molecule has 26 heavy (non-hydrogen) atoms. The summed E-state index contributed by atoms with van der Waals surface area (Å²) in [5, 5.41) is 5.91. The van der Waals surface area contributed by atoms with Crippen molar-refractivity contribution >= 4 is 28.4 Å². The van der Waals surface area contributed by atoms with Gasteiger partial charge in [-0.25, -0.2) is 19.7 Å². The SMILES string of the molecule is CC(C)(C)OC(=O)N1CCC[C@@H](Cc2cc(Nc3nccs3)ncn2)C1. The van der Waals surface area contributed by atoms with Crippen LogP contribution in [0, 0.1) is 5.92 Å². The van der Waals surface area contributed by atoms with Gasteiger partial charge in [-0.05, 0) is 46.0 Å². The summed E-state index contributed by atoms with van der Waals surface area (Å²) < 4.78 is 5.50. The molecule has 2 aromatic heterocycles. The first-order chi connectivity index (χ1) is 12.4. The Morgan fingerprint density at radius 3 is 2.96 bits per heavy atom. The van der Waals surface area contributed by atoms with E-state index < -0.39 is 5.60 Å². The van der Waals surface area contributed by atoms with E-state index in [1.165, 1.54) is 11.3 Å². The summed E-state index contributed by atoms with van der Waals surface area (Å²) in [4.78, 5) is 27.0. The lowest BCUT2D eigenvalue weighted by atomic mass is 9.93. The summed E-state index contributed by atoms with van der Waals surface area (Å²) in [5.74, 6) is 1.11. The first-order valence-electron chi connectivity index (χ1n) is 8.84. The molecule has 7 nitrogen and oxygen atoms in total. The van der Waals surface area contributed by atoms with Crippen molar-refractivity contribution in [2.45, 2.75) is 45.6 Å². The highest BCUT2D eigenvalue weighted by molar-refractivity contribution is 7.13. The zero-order valence-electron chi connectivity index (χ0n) is 15.4. The van der Waals surface area contributed by atoms with E-state index in [-0.39, 0.29) is 6.09 Å². The van der Waals surface area contributed by atoms with Crippen LogP contribution in [-0.2, 0) is 11.2 Å². The maximum atomic E-state index is 12.3. The topological polar surface area (TPSA) is 80.2 Å². The van der Waals surface area contributed by atoms with Crippen LogP contribution < -0.4 is 5.32 Å². The zero-order chi connectivity index (χ0) is 18.6. The maximum absolute atomic E-state index is 12.3. The standard InChI is InChI=1S/C18H25N5O2S/c1-18(2,3)25-17(24)23-7-4-5-13(11-23)9-14-10-15(21-12-20-14)22-16-19-6-8-26-16/h6,8,10,12-13H,4-5,7,9,11H2,1-3H3,(H,19,20,21,22)/t13-/m0/s1. The van der Waals surface area contributed by atoms with Gasteiger partial charge >= 0.3 is 6.09 Å². The van der Waals surface area contributed by atoms with E-state index in [0.29, 0.717) is 12.5 Å². The van der Waals surface area contributed by atoms with Crippen molar-refractivity contribution in [2.75, 3.05) is 18.4 Å². The molecule has 1 aliphatic rings. The van der Waals surface area contributed by atoms with Crippen LogP contribution >= 0.6 is 11.3 Å². The van der Waals surface area contributed by atoms with Crippen molar-refractivity contribution in [2.24, 2.45) is 5.92 Å². The normalized spacial score (nSPS) is 17.8. The smallest absolute Gasteiger partial charge is 0.410 e. The number of piperidine rings is 1. The number of aromatic nitrogens is 3. The third-order valence-electron chi connectivity index (χ3n) is 4.06. The van der Waals surface area contributed by atoms with Crippen LogP contribution in [0.5, 0.6) is 0 Å². The van der Waals surface area contributed by atoms with E-state index in [4.69, 9.17) is 4.74 Å². The highest BCUT2D eigenvalue weighted by atomic mass is 32.1. The largest absolute Gasteiger partial charge is 0.444 e. The number of thiazole rings is 1. The Hall–Kier alpha value is -2.22. The molecule has 0 spiro atoms. The van der Waals surface area contributed by atoms with Crippen molar-refractivity contribution < 1.29 is 9.53 Å². The number of nitrogens with one attached hydrogen (secondary N) is 1. The fraction of sp³-hybridized carbons (Fsp3) is 0.556. The second-order valence-corrected chi connectivity index (χ2v) is 8.39. The number of hydrogen-bond donors (Lipinski definition) is 1. The zero-order valence-corrected chi connectivity index (χ0v) is 16.3. The second-order valence-electron chi connectivity index (χ2n) is 7.50. The van der Waals surface area contributed by atoms with Crippen molar-refractivity contribution in [1.29, 1.82) is 0 Å². The quantitative estimate of drug-likeness (QED) is 0.874. The first kappa shape index (κ1) is 18.6. The minimum atomic E-state index is -0.465. The van der Waals surface area contributed by atoms with Crippen LogP contribution in [0.15, 0.2) is 24.0 Å². The molecule has 2 aromatic rings. The molecular formula is C18H25N5O2S. The van der Waals surface area contributed by atoms with Crippen molar-refractivity contribution in [3.05, 3.63) is 29.7 Å². The van der Waals surface area contributed by atoms with Gasteiger partial charge in [0.05, 0.1) is 0 Å². The lowest BCUT2D eigenvalue weighted by Gasteiger charge is -2.34. The molecule has 1 saturated heterocycles. The van der Waals surface area contributed by atoms with Crippen LogP contribution in [0.1, 0.15) is 39.3 Å². The first-order valence-corrected chi connectivity index (χ1v) is 9.72. The third-order valence-corrected chi connectivity index (χ3v) is 4.75. The molecule has 140 valence electrons. The number of amides is 1. The van der Waals surface area contributed by atoms with Gasteiger partial charge in [0.15, 0.2) is 5.13 Å². The number of nitrogens with zero attached hydrogens (tertiary/aromatic N) is 4. The van der Waals surface area contributed by atoms with Crippen molar-refractivity contribution in [1.82, 2.24) is 19.9 Å². The van der Waals surface area contributed by atoms with Gasteiger partial charge < -0.3 is 15.0 Å². The maximum Gasteiger partial charge on any atom is 0.410 e. The van der Waals surface area contributed by atoms with Gasteiger partial charge in [0.1, 0.15) is 17.7 Å². The van der Waals surface area contributed by atoms with Crippen LogP contribution in [0.3, 0.4) is 0 Å². The van der Waals surface area contributed by atoms with E-state index in [0.717, 1.165) is 42.5 Å². The average Bonchev–Trinajstić information content (AvgIpc) is 3.07. The molecule has 0 bridgehead atoms. The van der Waals surface area contributed by atoms with Gasteiger partial charge in [-0.2, -0.15) is 0 Å². The predicted octanol–water partition coefficient (Wildman–Crippen LogP) is 3.87. The van der Waals surface area contributed by atoms with E-state index in [1.807, 2.05) is 37.1 Å². The summed E-state index contributed by atoms with van der Waals surface area (Å²) in [7, 11) is 0. The number of ether oxygens (including phenoxy) is 1. The molecule has 0 unspecified atom stereocenters. The van der Waals surface area contributed by atoms with Crippen LogP contribution in [0.2, 0.25) is 0 Å². The van der Waals surface area contributed by atoms with Crippen LogP contribution in [-0.4, -0.2) is 44.6 Å². The lowest BCUT2D eigenvalue weighted by molar-refractivity contribution is 0.0165. The lowest BCUT2D eigenvalue weighted by Crippen LogP contribution is -2.43. The van der Waals surface area contributed by atoms with Gasteiger partial charge in [-0.15, -0.1) is 11.3 Å². The van der Waals surface area contributed by atoms with Gasteiger partial charge in [0, 0.05) is 36.4 Å². The molecule has 3 heterocycles. The number of likely N-dealkylation sites (tertiary alicyclic amines) is 1. The highest BCUT2D eigenvalue weighted by Gasteiger charge is 2.27. The molecule has 3 rings (SSSR count). The van der Waals surface area contributed by atoms with Crippen LogP contribution in [0.4, 0.5) is 15.7 Å². The average molecular weight is 375 g/mol. The van der Waals surface area contributed by atoms with E-state index in [9.17, 15) is 4.79 Å². The molecule has 1 aliphatic heterocycles. The Morgan fingerprint density at radius 1 is 1.38 bits per heavy atom. The molecule has 1 N–H and O–H groups in total. The molecule has 0 aliphatic carbocycles. The number of hydrogen-bond acceptors (Lipinski definition) is 7. The highest BCUT2D eigenvalue weighted by Crippen LogP contribution is 2.23. The van der Waals surface area contributed by atoms with Crippen LogP contribution in [0.25, 0.3) is 0 Å². The molecule has 0 saturated carbocycles. The molecule has 0 aromatic carbocycles. The Labute approximate surface area is 157 Å². The second kappa shape index (κ2) is 7.99. The summed E-state index contributed by atoms with van der Waals surface area (Å²) in [5.41, 5.74) is 0.502. The summed E-state index contributed by atoms with van der Waals surface area (Å²) in [6.45, 7) is 7.14. The molecular weight excluding hydrogens is 350 g/mol. The molecule has 1 fully saturated rings. The minimum Gasteiger partial charge on any atom is -0.444 e.